The molecule has 0 aliphatic heterocycles. The van der Waals surface area contributed by atoms with E-state index in [0.29, 0.717) is 17.7 Å². The number of hydrogen-bond donors (Lipinski definition) is 4. The van der Waals surface area contributed by atoms with Gasteiger partial charge in [-0.15, -0.1) is 0 Å². The third-order valence-corrected chi connectivity index (χ3v) is 3.98. The molecule has 0 fully saturated rings. The van der Waals surface area contributed by atoms with Crippen LogP contribution in [-0.2, 0) is 4.79 Å². The van der Waals surface area contributed by atoms with Gasteiger partial charge < -0.3 is 21.1 Å². The van der Waals surface area contributed by atoms with E-state index in [1.807, 2.05) is 6.92 Å². The third-order valence-electron chi connectivity index (χ3n) is 3.98. The highest BCUT2D eigenvalue weighted by atomic mass is 19.1. The Bertz CT molecular complexity index is 822. The molecule has 0 spiro atoms. The second-order valence-corrected chi connectivity index (χ2v) is 6.20. The average molecular weight is 387 g/mol. The molecule has 1 atom stereocenters. The van der Waals surface area contributed by atoms with Gasteiger partial charge in [-0.1, -0.05) is 12.1 Å². The molecular weight excluding hydrogens is 365 g/mol. The summed E-state index contributed by atoms with van der Waals surface area (Å²) in [5.74, 6) is -1.66. The first kappa shape index (κ1) is 20.9. The number of carboxylic acid groups (broad SMARTS) is 1. The molecule has 4 N–H and O–H groups in total. The number of anilines is 1. The molecule has 1 unspecified atom stereocenters. The summed E-state index contributed by atoms with van der Waals surface area (Å²) in [4.78, 5) is 34.4. The van der Waals surface area contributed by atoms with Gasteiger partial charge in [0.05, 0.1) is 6.04 Å². The molecule has 28 heavy (non-hydrogen) atoms. The Morgan fingerprint density at radius 3 is 2.29 bits per heavy atom. The maximum atomic E-state index is 12.9. The maximum Gasteiger partial charge on any atom is 0.315 e. The molecule has 0 aliphatic carbocycles. The quantitative estimate of drug-likeness (QED) is 0.521. The van der Waals surface area contributed by atoms with Crippen LogP contribution in [0.3, 0.4) is 0 Å². The third kappa shape index (κ3) is 6.71. The molecule has 7 nitrogen and oxygen atoms in total. The predicted octanol–water partition coefficient (Wildman–Crippen LogP) is 3.30. The van der Waals surface area contributed by atoms with E-state index in [1.165, 1.54) is 24.3 Å². The van der Waals surface area contributed by atoms with Crippen molar-refractivity contribution >= 4 is 23.6 Å². The SMILES string of the molecule is CC(NC(=O)NCCCC(=O)O)c1ccc(NC(=O)c2ccc(F)cc2)cc1. The molecule has 0 bridgehead atoms. The van der Waals surface area contributed by atoms with Crippen molar-refractivity contribution in [3.8, 4) is 0 Å². The molecule has 2 aromatic rings. The Labute approximate surface area is 162 Å². The molecular formula is C20H22FN3O4. The smallest absolute Gasteiger partial charge is 0.315 e. The average Bonchev–Trinajstić information content (AvgIpc) is 2.66. The number of carbonyl (C=O) groups excluding carboxylic acids is 2. The van der Waals surface area contributed by atoms with Gasteiger partial charge >= 0.3 is 12.0 Å². The summed E-state index contributed by atoms with van der Waals surface area (Å²) in [6, 6.07) is 11.6. The van der Waals surface area contributed by atoms with E-state index in [1.54, 1.807) is 24.3 Å². The van der Waals surface area contributed by atoms with Crippen LogP contribution >= 0.6 is 0 Å². The van der Waals surface area contributed by atoms with Gasteiger partial charge in [-0.3, -0.25) is 9.59 Å². The highest BCUT2D eigenvalue weighted by Gasteiger charge is 2.10. The van der Waals surface area contributed by atoms with Crippen LogP contribution in [0.2, 0.25) is 0 Å². The number of nitrogens with one attached hydrogen (secondary N) is 3. The molecule has 0 aromatic heterocycles. The number of benzene rings is 2. The summed E-state index contributed by atoms with van der Waals surface area (Å²) in [6.45, 7) is 2.09. The lowest BCUT2D eigenvalue weighted by molar-refractivity contribution is -0.137. The molecule has 2 rings (SSSR count). The second kappa shape index (κ2) is 10.1. The van der Waals surface area contributed by atoms with Gasteiger partial charge in [-0.25, -0.2) is 9.18 Å². The highest BCUT2D eigenvalue weighted by Crippen LogP contribution is 2.17. The molecule has 0 saturated carbocycles. The number of carbonyl (C=O) groups is 3. The van der Waals surface area contributed by atoms with Crippen molar-refractivity contribution in [2.45, 2.75) is 25.8 Å². The Balaban J connectivity index is 1.83. The van der Waals surface area contributed by atoms with Crippen LogP contribution in [0.5, 0.6) is 0 Å². The van der Waals surface area contributed by atoms with Crippen molar-refractivity contribution in [1.29, 1.82) is 0 Å². The number of hydrogen-bond acceptors (Lipinski definition) is 3. The van der Waals surface area contributed by atoms with Gasteiger partial charge in [-0.05, 0) is 55.3 Å². The van der Waals surface area contributed by atoms with Crippen LogP contribution in [0.15, 0.2) is 48.5 Å². The lowest BCUT2D eigenvalue weighted by Gasteiger charge is -2.15. The van der Waals surface area contributed by atoms with Gasteiger partial charge in [0.15, 0.2) is 0 Å². The standard InChI is InChI=1S/C20H22FN3O4/c1-13(23-20(28)22-12-2-3-18(25)26)14-6-10-17(11-7-14)24-19(27)15-4-8-16(21)9-5-15/h4-11,13H,2-3,12H2,1H3,(H,24,27)(H,25,26)(H2,22,23,28). The minimum Gasteiger partial charge on any atom is -0.481 e. The van der Waals surface area contributed by atoms with Crippen molar-refractivity contribution in [2.75, 3.05) is 11.9 Å². The molecule has 148 valence electrons. The predicted molar refractivity (Wildman–Crippen MR) is 103 cm³/mol. The van der Waals surface area contributed by atoms with Gasteiger partial charge in [0.2, 0.25) is 0 Å². The first-order chi connectivity index (χ1) is 13.3. The summed E-state index contributed by atoms with van der Waals surface area (Å²) in [5, 5.41) is 16.6. The Morgan fingerprint density at radius 1 is 1.04 bits per heavy atom. The van der Waals surface area contributed by atoms with E-state index in [2.05, 4.69) is 16.0 Å². The fourth-order valence-electron chi connectivity index (χ4n) is 2.43. The molecule has 3 amide bonds. The maximum absolute atomic E-state index is 12.9. The number of rotatable bonds is 8. The normalized spacial score (nSPS) is 11.4. The molecule has 8 heteroatoms. The topological polar surface area (TPSA) is 108 Å². The van der Waals surface area contributed by atoms with Crippen molar-refractivity contribution in [2.24, 2.45) is 0 Å². The largest absolute Gasteiger partial charge is 0.481 e. The lowest BCUT2D eigenvalue weighted by Crippen LogP contribution is -2.37. The molecule has 0 radical (unpaired) electrons. The summed E-state index contributed by atoms with van der Waals surface area (Å²) < 4.78 is 12.9. The van der Waals surface area contributed by atoms with E-state index < -0.39 is 11.8 Å². The Hall–Kier alpha value is -3.42. The monoisotopic (exact) mass is 387 g/mol. The van der Waals surface area contributed by atoms with Crippen LogP contribution in [0, 0.1) is 5.82 Å². The van der Waals surface area contributed by atoms with Crippen molar-refractivity contribution < 1.29 is 23.9 Å². The number of carboxylic acids is 1. The fraction of sp³-hybridized carbons (Fsp3) is 0.250. The van der Waals surface area contributed by atoms with Gasteiger partial charge in [0.1, 0.15) is 5.82 Å². The second-order valence-electron chi connectivity index (χ2n) is 6.20. The first-order valence-corrected chi connectivity index (χ1v) is 8.78. The minimum absolute atomic E-state index is 0.000930. The first-order valence-electron chi connectivity index (χ1n) is 8.78. The lowest BCUT2D eigenvalue weighted by atomic mass is 10.1. The summed E-state index contributed by atoms with van der Waals surface area (Å²) in [7, 11) is 0. The van der Waals surface area contributed by atoms with E-state index in [0.717, 1.165) is 5.56 Å². The Kier molecular flexibility index (Phi) is 7.50. The molecule has 0 saturated heterocycles. The van der Waals surface area contributed by atoms with Crippen molar-refractivity contribution in [3.63, 3.8) is 0 Å². The highest BCUT2D eigenvalue weighted by molar-refractivity contribution is 6.04. The molecule has 0 heterocycles. The molecule has 0 aliphatic rings. The van der Waals surface area contributed by atoms with Crippen LogP contribution in [0.1, 0.15) is 41.7 Å². The minimum atomic E-state index is -0.901. The van der Waals surface area contributed by atoms with Crippen molar-refractivity contribution in [3.05, 3.63) is 65.5 Å². The summed E-state index contributed by atoms with van der Waals surface area (Å²) in [6.07, 6.45) is 0.362. The van der Waals surface area contributed by atoms with E-state index in [4.69, 9.17) is 5.11 Å². The van der Waals surface area contributed by atoms with Crippen LogP contribution in [0.25, 0.3) is 0 Å². The molecule has 2 aromatic carbocycles. The van der Waals surface area contributed by atoms with Crippen molar-refractivity contribution in [1.82, 2.24) is 10.6 Å². The number of urea groups is 1. The van der Waals surface area contributed by atoms with Gasteiger partial charge in [0.25, 0.3) is 5.91 Å². The zero-order chi connectivity index (χ0) is 20.5. The Morgan fingerprint density at radius 2 is 1.68 bits per heavy atom. The summed E-state index contributed by atoms with van der Waals surface area (Å²) >= 11 is 0. The number of aliphatic carboxylic acids is 1. The van der Waals surface area contributed by atoms with Crippen LogP contribution in [-0.4, -0.2) is 29.6 Å². The van der Waals surface area contributed by atoms with E-state index >= 15 is 0 Å². The van der Waals surface area contributed by atoms with Crippen LogP contribution < -0.4 is 16.0 Å². The fourth-order valence-corrected chi connectivity index (χ4v) is 2.43. The van der Waals surface area contributed by atoms with Crippen LogP contribution in [0.4, 0.5) is 14.9 Å². The zero-order valence-corrected chi connectivity index (χ0v) is 15.4. The van der Waals surface area contributed by atoms with E-state index in [-0.39, 0.29) is 30.9 Å². The zero-order valence-electron chi connectivity index (χ0n) is 15.4. The van der Waals surface area contributed by atoms with Gasteiger partial charge in [-0.2, -0.15) is 0 Å². The summed E-state index contributed by atoms with van der Waals surface area (Å²) in [5.41, 5.74) is 1.75. The number of halogens is 1. The number of amides is 3. The van der Waals surface area contributed by atoms with E-state index in [9.17, 15) is 18.8 Å². The van der Waals surface area contributed by atoms with Gasteiger partial charge in [0, 0.05) is 24.2 Å².